The van der Waals surface area contributed by atoms with Crippen molar-refractivity contribution in [3.63, 3.8) is 0 Å². The number of anilines is 1. The molecule has 1 fully saturated rings. The molecule has 1 aliphatic rings. The molecule has 2 atom stereocenters. The first-order valence-electron chi connectivity index (χ1n) is 8.58. The number of carbonyl (C=O) groups is 1. The van der Waals surface area contributed by atoms with Gasteiger partial charge in [-0.3, -0.25) is 9.69 Å². The van der Waals surface area contributed by atoms with Gasteiger partial charge in [-0.25, -0.2) is 0 Å². The van der Waals surface area contributed by atoms with E-state index in [9.17, 15) is 9.90 Å². The molecular formula is C19H24N2O3S. The normalized spacial score (nSPS) is 18.9. The van der Waals surface area contributed by atoms with Crippen molar-refractivity contribution in [2.75, 3.05) is 25.0 Å². The molecule has 0 bridgehead atoms. The van der Waals surface area contributed by atoms with Gasteiger partial charge in [0, 0.05) is 30.1 Å². The Labute approximate surface area is 152 Å². The Balaban J connectivity index is 1.47. The lowest BCUT2D eigenvalue weighted by atomic mass is 10.2. The number of amides is 1. The van der Waals surface area contributed by atoms with E-state index in [1.165, 1.54) is 18.2 Å². The predicted octanol–water partition coefficient (Wildman–Crippen LogP) is 3.28. The molecule has 0 radical (unpaired) electrons. The third kappa shape index (κ3) is 5.04. The molecule has 1 aromatic heterocycles. The summed E-state index contributed by atoms with van der Waals surface area (Å²) in [5.41, 5.74) is 0.733. The summed E-state index contributed by atoms with van der Waals surface area (Å²) in [5, 5.41) is 15.2. The van der Waals surface area contributed by atoms with Gasteiger partial charge < -0.3 is 15.2 Å². The number of β-amino-alcohol motifs (C(OH)–C–C–N with tert-alkyl or cyclic N) is 1. The lowest BCUT2D eigenvalue weighted by Crippen LogP contribution is -2.35. The lowest BCUT2D eigenvalue weighted by Gasteiger charge is -2.26. The Morgan fingerprint density at radius 1 is 1.40 bits per heavy atom. The van der Waals surface area contributed by atoms with Crippen LogP contribution in [-0.2, 0) is 4.79 Å². The van der Waals surface area contributed by atoms with Gasteiger partial charge in [0.1, 0.15) is 18.5 Å². The zero-order chi connectivity index (χ0) is 17.6. The standard InChI is InChI=1S/C19H24N2O3S/c1-14(22)20-15-6-8-17(9-7-15)24-13-16(23)12-21-10-2-4-18(21)19-5-3-11-25-19/h3,5-9,11,16,18,23H,2,4,10,12-13H2,1H3,(H,20,22). The number of hydrogen-bond acceptors (Lipinski definition) is 5. The van der Waals surface area contributed by atoms with Gasteiger partial charge in [0.2, 0.25) is 5.91 Å². The molecule has 1 aromatic carbocycles. The smallest absolute Gasteiger partial charge is 0.221 e. The molecule has 2 heterocycles. The SMILES string of the molecule is CC(=O)Nc1ccc(OCC(O)CN2CCCC2c2cccs2)cc1. The first-order chi connectivity index (χ1) is 12.1. The van der Waals surface area contributed by atoms with Crippen LogP contribution in [0, 0.1) is 0 Å². The van der Waals surface area contributed by atoms with Gasteiger partial charge in [0.15, 0.2) is 0 Å². The topological polar surface area (TPSA) is 61.8 Å². The third-order valence-electron chi connectivity index (χ3n) is 4.30. The molecule has 1 aliphatic heterocycles. The first-order valence-corrected chi connectivity index (χ1v) is 9.46. The first kappa shape index (κ1) is 17.9. The highest BCUT2D eigenvalue weighted by atomic mass is 32.1. The zero-order valence-corrected chi connectivity index (χ0v) is 15.2. The van der Waals surface area contributed by atoms with Crippen LogP contribution in [0.2, 0.25) is 0 Å². The maximum Gasteiger partial charge on any atom is 0.221 e. The summed E-state index contributed by atoms with van der Waals surface area (Å²) in [4.78, 5) is 14.7. The molecule has 134 valence electrons. The van der Waals surface area contributed by atoms with E-state index in [0.717, 1.165) is 18.7 Å². The van der Waals surface area contributed by atoms with Crippen LogP contribution in [0.4, 0.5) is 5.69 Å². The maximum atomic E-state index is 11.0. The highest BCUT2D eigenvalue weighted by Crippen LogP contribution is 2.34. The predicted molar refractivity (Wildman–Crippen MR) is 100 cm³/mol. The number of nitrogens with one attached hydrogen (secondary N) is 1. The van der Waals surface area contributed by atoms with Crippen LogP contribution in [0.3, 0.4) is 0 Å². The van der Waals surface area contributed by atoms with Crippen LogP contribution in [0.5, 0.6) is 5.75 Å². The fourth-order valence-corrected chi connectivity index (χ4v) is 4.10. The Bertz CT molecular complexity index is 672. The third-order valence-corrected chi connectivity index (χ3v) is 5.27. The minimum absolute atomic E-state index is 0.102. The Morgan fingerprint density at radius 2 is 2.20 bits per heavy atom. The van der Waals surface area contributed by atoms with Gasteiger partial charge in [-0.2, -0.15) is 0 Å². The molecule has 25 heavy (non-hydrogen) atoms. The summed E-state index contributed by atoms with van der Waals surface area (Å²) in [6, 6.07) is 11.8. The van der Waals surface area contributed by atoms with Crippen molar-refractivity contribution in [2.24, 2.45) is 0 Å². The average molecular weight is 360 g/mol. The number of carbonyl (C=O) groups excluding carboxylic acids is 1. The van der Waals surface area contributed by atoms with Gasteiger partial charge in [0.05, 0.1) is 0 Å². The fourth-order valence-electron chi connectivity index (χ4n) is 3.20. The fraction of sp³-hybridized carbons (Fsp3) is 0.421. The highest BCUT2D eigenvalue weighted by molar-refractivity contribution is 7.10. The molecule has 1 amide bonds. The second-order valence-corrected chi connectivity index (χ2v) is 7.32. The van der Waals surface area contributed by atoms with Gasteiger partial charge in [0.25, 0.3) is 0 Å². The molecule has 0 saturated carbocycles. The molecule has 0 aliphatic carbocycles. The molecule has 1 saturated heterocycles. The summed E-state index contributed by atoms with van der Waals surface area (Å²) in [7, 11) is 0. The van der Waals surface area contributed by atoms with E-state index in [0.29, 0.717) is 18.3 Å². The van der Waals surface area contributed by atoms with Crippen molar-refractivity contribution in [1.82, 2.24) is 4.90 Å². The van der Waals surface area contributed by atoms with Crippen LogP contribution in [-0.4, -0.2) is 41.7 Å². The molecule has 2 aromatic rings. The summed E-state index contributed by atoms with van der Waals surface area (Å²) >= 11 is 1.78. The molecule has 5 nitrogen and oxygen atoms in total. The maximum absolute atomic E-state index is 11.0. The van der Waals surface area contributed by atoms with Gasteiger partial charge in [-0.05, 0) is 55.1 Å². The number of benzene rings is 1. The molecule has 2 N–H and O–H groups in total. The quantitative estimate of drug-likeness (QED) is 0.795. The zero-order valence-electron chi connectivity index (χ0n) is 14.4. The second-order valence-electron chi connectivity index (χ2n) is 6.34. The van der Waals surface area contributed by atoms with Crippen molar-refractivity contribution < 1.29 is 14.6 Å². The molecule has 3 rings (SSSR count). The van der Waals surface area contributed by atoms with E-state index in [2.05, 4.69) is 27.7 Å². The van der Waals surface area contributed by atoms with E-state index < -0.39 is 6.10 Å². The number of likely N-dealkylation sites (tertiary alicyclic amines) is 1. The van der Waals surface area contributed by atoms with Crippen molar-refractivity contribution in [3.05, 3.63) is 46.7 Å². The number of hydrogen-bond donors (Lipinski definition) is 2. The van der Waals surface area contributed by atoms with E-state index in [1.807, 2.05) is 0 Å². The van der Waals surface area contributed by atoms with Crippen molar-refractivity contribution in [2.45, 2.75) is 31.9 Å². The summed E-state index contributed by atoms with van der Waals surface area (Å²) in [6.45, 7) is 3.37. The molecule has 6 heteroatoms. The largest absolute Gasteiger partial charge is 0.491 e. The number of rotatable bonds is 7. The second kappa shape index (κ2) is 8.47. The minimum atomic E-state index is -0.532. The van der Waals surface area contributed by atoms with Crippen LogP contribution in [0.1, 0.15) is 30.7 Å². The Kier molecular flexibility index (Phi) is 6.07. The number of aliphatic hydroxyl groups is 1. The van der Waals surface area contributed by atoms with Crippen LogP contribution in [0.15, 0.2) is 41.8 Å². The van der Waals surface area contributed by atoms with Gasteiger partial charge in [-0.15, -0.1) is 11.3 Å². The number of aliphatic hydroxyl groups excluding tert-OH is 1. The van der Waals surface area contributed by atoms with Gasteiger partial charge in [-0.1, -0.05) is 6.07 Å². The average Bonchev–Trinajstić information content (AvgIpc) is 3.24. The molecular weight excluding hydrogens is 336 g/mol. The van der Waals surface area contributed by atoms with Crippen LogP contribution < -0.4 is 10.1 Å². The van der Waals surface area contributed by atoms with E-state index in [-0.39, 0.29) is 12.5 Å². The highest BCUT2D eigenvalue weighted by Gasteiger charge is 2.28. The summed E-state index contributed by atoms with van der Waals surface area (Å²) in [5.74, 6) is 0.583. The monoisotopic (exact) mass is 360 g/mol. The van der Waals surface area contributed by atoms with E-state index >= 15 is 0 Å². The van der Waals surface area contributed by atoms with Crippen molar-refractivity contribution in [1.29, 1.82) is 0 Å². The van der Waals surface area contributed by atoms with Crippen LogP contribution >= 0.6 is 11.3 Å². The van der Waals surface area contributed by atoms with E-state index in [4.69, 9.17) is 4.74 Å². The molecule has 2 unspecified atom stereocenters. The molecule has 0 spiro atoms. The number of ether oxygens (including phenoxy) is 1. The Morgan fingerprint density at radius 3 is 2.88 bits per heavy atom. The van der Waals surface area contributed by atoms with Crippen molar-refractivity contribution in [3.8, 4) is 5.75 Å². The Hall–Kier alpha value is -1.89. The lowest BCUT2D eigenvalue weighted by molar-refractivity contribution is -0.114. The minimum Gasteiger partial charge on any atom is -0.491 e. The number of nitrogens with zero attached hydrogens (tertiary/aromatic N) is 1. The van der Waals surface area contributed by atoms with Crippen molar-refractivity contribution >= 4 is 22.9 Å². The van der Waals surface area contributed by atoms with Crippen LogP contribution in [0.25, 0.3) is 0 Å². The van der Waals surface area contributed by atoms with Gasteiger partial charge >= 0.3 is 0 Å². The number of thiophene rings is 1. The summed E-state index contributed by atoms with van der Waals surface area (Å²) in [6.07, 6.45) is 1.79. The summed E-state index contributed by atoms with van der Waals surface area (Å²) < 4.78 is 5.68. The van der Waals surface area contributed by atoms with E-state index in [1.54, 1.807) is 35.6 Å².